The van der Waals surface area contributed by atoms with Crippen LogP contribution in [0.2, 0.25) is 5.02 Å². The van der Waals surface area contributed by atoms with Crippen LogP contribution in [0.3, 0.4) is 0 Å². The van der Waals surface area contributed by atoms with Crippen LogP contribution in [0.15, 0.2) is 24.3 Å². The molecule has 1 saturated heterocycles. The van der Waals surface area contributed by atoms with Gasteiger partial charge in [0.2, 0.25) is 11.8 Å². The molecule has 0 bridgehead atoms. The van der Waals surface area contributed by atoms with E-state index in [2.05, 4.69) is 5.32 Å². The number of nitrogens with one attached hydrogen (secondary N) is 1. The van der Waals surface area contributed by atoms with Crippen LogP contribution in [-0.4, -0.2) is 42.0 Å². The van der Waals surface area contributed by atoms with Crippen molar-refractivity contribution >= 4 is 23.4 Å². The van der Waals surface area contributed by atoms with E-state index in [-0.39, 0.29) is 11.8 Å². The lowest BCUT2D eigenvalue weighted by Crippen LogP contribution is -2.54. The molecule has 1 atom stereocenters. The van der Waals surface area contributed by atoms with Crippen LogP contribution in [0.25, 0.3) is 0 Å². The van der Waals surface area contributed by atoms with Crippen LogP contribution < -0.4 is 5.32 Å². The first-order chi connectivity index (χ1) is 11.5. The average Bonchev–Trinajstić information content (AvgIpc) is 2.86. The van der Waals surface area contributed by atoms with E-state index < -0.39 is 5.54 Å². The Morgan fingerprint density at radius 1 is 1.42 bits per heavy atom. The number of nitrogens with zero attached hydrogens (tertiary/aromatic N) is 1. The van der Waals surface area contributed by atoms with E-state index in [4.69, 9.17) is 16.3 Å². The van der Waals surface area contributed by atoms with Crippen molar-refractivity contribution in [1.82, 2.24) is 10.2 Å². The van der Waals surface area contributed by atoms with E-state index >= 15 is 0 Å². The first-order valence-electron chi connectivity index (χ1n) is 8.39. The summed E-state index contributed by atoms with van der Waals surface area (Å²) < 4.78 is 5.27. The van der Waals surface area contributed by atoms with E-state index in [1.54, 1.807) is 11.0 Å². The highest BCUT2D eigenvalue weighted by atomic mass is 35.5. The number of hydrogen-bond acceptors (Lipinski definition) is 3. The Morgan fingerprint density at radius 3 is 2.88 bits per heavy atom. The van der Waals surface area contributed by atoms with Crippen molar-refractivity contribution < 1.29 is 14.3 Å². The van der Waals surface area contributed by atoms with Crippen LogP contribution in [0.1, 0.15) is 38.7 Å². The predicted octanol–water partition coefficient (Wildman–Crippen LogP) is 2.76. The summed E-state index contributed by atoms with van der Waals surface area (Å²) in [5.74, 6) is -0.126. The lowest BCUT2D eigenvalue weighted by atomic mass is 9.97. The van der Waals surface area contributed by atoms with Gasteiger partial charge in [-0.15, -0.1) is 0 Å². The molecule has 0 spiro atoms. The number of carbonyl (C=O) groups is 2. The number of ether oxygens (including phenoxy) is 1. The fourth-order valence-corrected chi connectivity index (χ4v) is 3.10. The van der Waals surface area contributed by atoms with Gasteiger partial charge in [-0.3, -0.25) is 9.59 Å². The topological polar surface area (TPSA) is 58.6 Å². The van der Waals surface area contributed by atoms with Crippen LogP contribution in [0.5, 0.6) is 0 Å². The lowest BCUT2D eigenvalue weighted by molar-refractivity contribution is -0.141. The zero-order chi connectivity index (χ0) is 17.6. The van der Waals surface area contributed by atoms with Crippen molar-refractivity contribution in [2.45, 2.75) is 45.2 Å². The highest BCUT2D eigenvalue weighted by molar-refractivity contribution is 6.31. The second-order valence-corrected chi connectivity index (χ2v) is 6.56. The van der Waals surface area contributed by atoms with Crippen LogP contribution in [-0.2, 0) is 20.9 Å². The van der Waals surface area contributed by atoms with E-state index in [0.29, 0.717) is 44.2 Å². The Balaban J connectivity index is 2.02. The molecule has 1 aromatic rings. The highest BCUT2D eigenvalue weighted by Gasteiger charge is 2.47. The quantitative estimate of drug-likeness (QED) is 0.732. The van der Waals surface area contributed by atoms with Gasteiger partial charge in [0.15, 0.2) is 0 Å². The maximum absolute atomic E-state index is 12.7. The summed E-state index contributed by atoms with van der Waals surface area (Å²) in [6, 6.07) is 7.41. The summed E-state index contributed by atoms with van der Waals surface area (Å²) in [4.78, 5) is 26.6. The van der Waals surface area contributed by atoms with Crippen LogP contribution in [0.4, 0.5) is 0 Å². The highest BCUT2D eigenvalue weighted by Crippen LogP contribution is 2.33. The third-order valence-corrected chi connectivity index (χ3v) is 4.82. The first-order valence-corrected chi connectivity index (χ1v) is 8.76. The molecular weight excluding hydrogens is 328 g/mol. The number of likely N-dealkylation sites (tertiary alicyclic amines) is 1. The molecule has 0 aromatic heterocycles. The molecule has 1 aliphatic rings. The number of rotatable bonds is 8. The molecule has 2 rings (SSSR count). The number of halogens is 1. The normalized spacial score (nSPS) is 20.5. The van der Waals surface area contributed by atoms with E-state index in [1.165, 1.54) is 0 Å². The molecule has 1 unspecified atom stereocenters. The molecule has 1 N–H and O–H groups in total. The van der Waals surface area contributed by atoms with E-state index in [9.17, 15) is 9.59 Å². The van der Waals surface area contributed by atoms with Gasteiger partial charge in [0.1, 0.15) is 5.54 Å². The van der Waals surface area contributed by atoms with Gasteiger partial charge in [-0.2, -0.15) is 0 Å². The van der Waals surface area contributed by atoms with Crippen molar-refractivity contribution in [3.63, 3.8) is 0 Å². The maximum Gasteiger partial charge on any atom is 0.245 e. The molecule has 1 fully saturated rings. The minimum atomic E-state index is -0.831. The smallest absolute Gasteiger partial charge is 0.245 e. The van der Waals surface area contributed by atoms with Gasteiger partial charge in [0.05, 0.1) is 0 Å². The number of hydrogen-bond donors (Lipinski definition) is 1. The Bertz CT molecular complexity index is 593. The SMILES string of the molecule is CCOCCCNC(=O)C1(C)CCC(=O)N1Cc1ccccc1Cl. The maximum atomic E-state index is 12.7. The summed E-state index contributed by atoms with van der Waals surface area (Å²) >= 11 is 6.20. The average molecular weight is 353 g/mol. The molecule has 0 saturated carbocycles. The fraction of sp³-hybridized carbons (Fsp3) is 0.556. The fourth-order valence-electron chi connectivity index (χ4n) is 2.90. The Hall–Kier alpha value is -1.59. The van der Waals surface area contributed by atoms with E-state index in [1.807, 2.05) is 32.0 Å². The Labute approximate surface area is 148 Å². The van der Waals surface area contributed by atoms with Gasteiger partial charge in [-0.25, -0.2) is 0 Å². The van der Waals surface area contributed by atoms with Crippen molar-refractivity contribution in [2.75, 3.05) is 19.8 Å². The predicted molar refractivity (Wildman–Crippen MR) is 93.8 cm³/mol. The Kier molecular flexibility index (Phi) is 6.63. The van der Waals surface area contributed by atoms with Gasteiger partial charge in [0, 0.05) is 37.7 Å². The van der Waals surface area contributed by atoms with Gasteiger partial charge in [-0.05, 0) is 38.3 Å². The molecule has 1 heterocycles. The molecule has 0 radical (unpaired) electrons. The monoisotopic (exact) mass is 352 g/mol. The summed E-state index contributed by atoms with van der Waals surface area (Å²) in [7, 11) is 0. The first kappa shape index (κ1) is 18.7. The summed E-state index contributed by atoms with van der Waals surface area (Å²) in [6.45, 7) is 5.95. The molecule has 132 valence electrons. The molecule has 0 aliphatic carbocycles. The minimum absolute atomic E-state index is 0.0121. The van der Waals surface area contributed by atoms with Crippen molar-refractivity contribution in [3.05, 3.63) is 34.9 Å². The standard InChI is InChI=1S/C18H25ClN2O3/c1-3-24-12-6-11-20-17(23)18(2)10-9-16(22)21(18)13-14-7-4-5-8-15(14)19/h4-5,7-8H,3,6,9-13H2,1-2H3,(H,20,23). The summed E-state index contributed by atoms with van der Waals surface area (Å²) in [5, 5.41) is 3.54. The third kappa shape index (κ3) is 4.28. The van der Waals surface area contributed by atoms with Crippen molar-refractivity contribution in [3.8, 4) is 0 Å². The molecule has 6 heteroatoms. The molecule has 2 amide bonds. The van der Waals surface area contributed by atoms with Crippen molar-refractivity contribution in [2.24, 2.45) is 0 Å². The van der Waals surface area contributed by atoms with Crippen LogP contribution >= 0.6 is 11.6 Å². The molecular formula is C18H25ClN2O3. The number of carbonyl (C=O) groups excluding carboxylic acids is 2. The number of benzene rings is 1. The van der Waals surface area contributed by atoms with Crippen molar-refractivity contribution in [1.29, 1.82) is 0 Å². The lowest BCUT2D eigenvalue weighted by Gasteiger charge is -2.34. The van der Waals surface area contributed by atoms with Crippen LogP contribution in [0, 0.1) is 0 Å². The molecule has 5 nitrogen and oxygen atoms in total. The zero-order valence-electron chi connectivity index (χ0n) is 14.3. The Morgan fingerprint density at radius 2 is 2.17 bits per heavy atom. The summed E-state index contributed by atoms with van der Waals surface area (Å²) in [5.41, 5.74) is 0.0202. The van der Waals surface area contributed by atoms with Gasteiger partial charge in [-0.1, -0.05) is 29.8 Å². The van der Waals surface area contributed by atoms with Gasteiger partial charge >= 0.3 is 0 Å². The molecule has 1 aliphatic heterocycles. The second kappa shape index (κ2) is 8.49. The third-order valence-electron chi connectivity index (χ3n) is 4.45. The molecule has 1 aromatic carbocycles. The molecule has 24 heavy (non-hydrogen) atoms. The second-order valence-electron chi connectivity index (χ2n) is 6.15. The van der Waals surface area contributed by atoms with Gasteiger partial charge in [0.25, 0.3) is 0 Å². The van der Waals surface area contributed by atoms with Gasteiger partial charge < -0.3 is 15.0 Å². The number of amides is 2. The minimum Gasteiger partial charge on any atom is -0.382 e. The zero-order valence-corrected chi connectivity index (χ0v) is 15.1. The van der Waals surface area contributed by atoms with E-state index in [0.717, 1.165) is 12.0 Å². The summed E-state index contributed by atoms with van der Waals surface area (Å²) in [6.07, 6.45) is 1.66. The largest absolute Gasteiger partial charge is 0.382 e.